The van der Waals surface area contributed by atoms with Gasteiger partial charge in [0.05, 0.1) is 26.9 Å². The first-order chi connectivity index (χ1) is 14.2. The summed E-state index contributed by atoms with van der Waals surface area (Å²) < 4.78 is 5.10. The lowest BCUT2D eigenvalue weighted by molar-refractivity contribution is -0.152. The summed E-state index contributed by atoms with van der Waals surface area (Å²) in [5.74, 6) is -3.10. The van der Waals surface area contributed by atoms with E-state index in [9.17, 15) is 19.2 Å². The number of carbonyl (C=O) groups is 4. The Hall–Kier alpha value is -2.90. The highest BCUT2D eigenvalue weighted by atomic mass is 35.5. The highest BCUT2D eigenvalue weighted by Crippen LogP contribution is 2.30. The summed E-state index contributed by atoms with van der Waals surface area (Å²) in [5.41, 5.74) is 0.654. The zero-order valence-electron chi connectivity index (χ0n) is 16.1. The van der Waals surface area contributed by atoms with Gasteiger partial charge in [-0.25, -0.2) is 4.79 Å². The Morgan fingerprint density at radius 2 is 1.50 bits per heavy atom. The van der Waals surface area contributed by atoms with Gasteiger partial charge in [0.25, 0.3) is 17.7 Å². The molecule has 0 spiro atoms. The number of rotatable bonds is 6. The van der Waals surface area contributed by atoms with Crippen molar-refractivity contribution in [2.45, 2.75) is 19.9 Å². The van der Waals surface area contributed by atoms with Gasteiger partial charge in [0.2, 0.25) is 0 Å². The number of imide groups is 1. The first-order valence-electron chi connectivity index (χ1n) is 9.09. The van der Waals surface area contributed by atoms with E-state index in [4.69, 9.17) is 27.9 Å². The summed E-state index contributed by atoms with van der Waals surface area (Å²) in [5, 5.41) is 2.94. The number of hydrogen-bond donors (Lipinski definition) is 1. The number of fused-ring (bicyclic) bond motifs is 1. The van der Waals surface area contributed by atoms with Crippen LogP contribution < -0.4 is 5.32 Å². The van der Waals surface area contributed by atoms with Crippen LogP contribution in [0, 0.1) is 5.92 Å². The van der Waals surface area contributed by atoms with Crippen molar-refractivity contribution >= 4 is 52.6 Å². The minimum Gasteiger partial charge on any atom is -0.454 e. The van der Waals surface area contributed by atoms with Gasteiger partial charge >= 0.3 is 5.97 Å². The van der Waals surface area contributed by atoms with Crippen molar-refractivity contribution in [2.75, 3.05) is 11.9 Å². The molecule has 0 aromatic heterocycles. The Kier molecular flexibility index (Phi) is 6.43. The molecule has 7 nitrogen and oxygen atoms in total. The Labute approximate surface area is 182 Å². The van der Waals surface area contributed by atoms with Crippen molar-refractivity contribution in [3.63, 3.8) is 0 Å². The number of hydrogen-bond acceptors (Lipinski definition) is 5. The van der Waals surface area contributed by atoms with E-state index < -0.39 is 42.3 Å². The lowest BCUT2D eigenvalue weighted by atomic mass is 10.0. The average molecular weight is 449 g/mol. The minimum absolute atomic E-state index is 0.197. The van der Waals surface area contributed by atoms with Gasteiger partial charge in [0.1, 0.15) is 6.04 Å². The van der Waals surface area contributed by atoms with E-state index >= 15 is 0 Å². The van der Waals surface area contributed by atoms with Crippen molar-refractivity contribution < 1.29 is 23.9 Å². The number of anilines is 1. The second-order valence-corrected chi connectivity index (χ2v) is 7.78. The Morgan fingerprint density at radius 1 is 0.967 bits per heavy atom. The topological polar surface area (TPSA) is 92.8 Å². The lowest BCUT2D eigenvalue weighted by Gasteiger charge is -2.27. The van der Waals surface area contributed by atoms with Crippen LogP contribution in [0.1, 0.15) is 34.6 Å². The molecule has 0 saturated heterocycles. The molecule has 9 heteroatoms. The van der Waals surface area contributed by atoms with E-state index in [0.717, 1.165) is 4.90 Å². The molecule has 3 rings (SSSR count). The zero-order valence-corrected chi connectivity index (χ0v) is 17.7. The predicted molar refractivity (Wildman–Crippen MR) is 112 cm³/mol. The van der Waals surface area contributed by atoms with Crippen molar-refractivity contribution in [3.8, 4) is 0 Å². The fourth-order valence-corrected chi connectivity index (χ4v) is 3.64. The molecule has 30 heavy (non-hydrogen) atoms. The standard InChI is InChI=1S/C21H18Cl2N2O5/c1-11(2)18(25-19(27)12-6-3-4-7-13(12)20(25)28)21(29)30-10-16(26)24-17-14(22)8-5-9-15(17)23/h3-9,11,18H,10H2,1-2H3,(H,24,26)/t18-/m0/s1. The third-order valence-corrected chi connectivity index (χ3v) is 5.18. The molecule has 0 bridgehead atoms. The van der Waals surface area contributed by atoms with Gasteiger partial charge in [-0.15, -0.1) is 0 Å². The molecule has 1 N–H and O–H groups in total. The molecule has 0 unspecified atom stereocenters. The maximum absolute atomic E-state index is 12.7. The van der Waals surface area contributed by atoms with E-state index in [0.29, 0.717) is 0 Å². The summed E-state index contributed by atoms with van der Waals surface area (Å²) in [6.45, 7) is 2.73. The molecule has 156 valence electrons. The number of nitrogens with one attached hydrogen (secondary N) is 1. The van der Waals surface area contributed by atoms with Crippen molar-refractivity contribution in [1.29, 1.82) is 0 Å². The third kappa shape index (κ3) is 4.17. The summed E-state index contributed by atoms with van der Waals surface area (Å²) in [6, 6.07) is 9.88. The molecule has 1 aliphatic heterocycles. The number of carbonyl (C=O) groups excluding carboxylic acids is 4. The van der Waals surface area contributed by atoms with Crippen LogP contribution in [0.3, 0.4) is 0 Å². The zero-order chi connectivity index (χ0) is 22.0. The summed E-state index contributed by atoms with van der Waals surface area (Å²) in [7, 11) is 0. The molecule has 0 aliphatic carbocycles. The second-order valence-electron chi connectivity index (χ2n) is 6.97. The predicted octanol–water partition coefficient (Wildman–Crippen LogP) is 3.80. The molecule has 1 aliphatic rings. The number of ether oxygens (including phenoxy) is 1. The molecule has 1 heterocycles. The highest BCUT2D eigenvalue weighted by Gasteiger charge is 2.44. The summed E-state index contributed by atoms with van der Waals surface area (Å²) >= 11 is 12.0. The number of benzene rings is 2. The highest BCUT2D eigenvalue weighted by molar-refractivity contribution is 6.39. The van der Waals surface area contributed by atoms with Crippen LogP contribution in [0.15, 0.2) is 42.5 Å². The second kappa shape index (κ2) is 8.85. The third-order valence-electron chi connectivity index (χ3n) is 4.55. The monoisotopic (exact) mass is 448 g/mol. The molecule has 2 aromatic rings. The normalized spacial score (nSPS) is 14.0. The number of amides is 3. The minimum atomic E-state index is -1.17. The molecular weight excluding hydrogens is 431 g/mol. The fraction of sp³-hybridized carbons (Fsp3) is 0.238. The lowest BCUT2D eigenvalue weighted by Crippen LogP contribution is -2.49. The Morgan fingerprint density at radius 3 is 2.00 bits per heavy atom. The molecular formula is C21H18Cl2N2O5. The van der Waals surface area contributed by atoms with Crippen molar-refractivity contribution in [3.05, 3.63) is 63.6 Å². The smallest absolute Gasteiger partial charge is 0.330 e. The SMILES string of the molecule is CC(C)[C@@H](C(=O)OCC(=O)Nc1c(Cl)cccc1Cl)N1C(=O)c2ccccc2C1=O. The largest absolute Gasteiger partial charge is 0.454 e. The molecule has 1 atom stereocenters. The maximum Gasteiger partial charge on any atom is 0.330 e. The Balaban J connectivity index is 1.71. The van der Waals surface area contributed by atoms with Crippen LogP contribution in [0.2, 0.25) is 10.0 Å². The maximum atomic E-state index is 12.7. The first-order valence-corrected chi connectivity index (χ1v) is 9.85. The summed E-state index contributed by atoms with van der Waals surface area (Å²) in [6.07, 6.45) is 0. The quantitative estimate of drug-likeness (QED) is 0.535. The van der Waals surface area contributed by atoms with Crippen LogP contribution in [0.5, 0.6) is 0 Å². The molecule has 0 radical (unpaired) electrons. The van der Waals surface area contributed by atoms with E-state index in [1.54, 1.807) is 44.2 Å². The van der Waals surface area contributed by atoms with Crippen molar-refractivity contribution in [2.24, 2.45) is 5.92 Å². The van der Waals surface area contributed by atoms with Crippen LogP contribution in [-0.4, -0.2) is 41.2 Å². The van der Waals surface area contributed by atoms with Crippen LogP contribution in [0.25, 0.3) is 0 Å². The summed E-state index contributed by atoms with van der Waals surface area (Å²) in [4.78, 5) is 51.2. The van der Waals surface area contributed by atoms with E-state index in [2.05, 4.69) is 5.32 Å². The number of para-hydroxylation sites is 1. The van der Waals surface area contributed by atoms with E-state index in [1.807, 2.05) is 0 Å². The number of esters is 1. The van der Waals surface area contributed by atoms with Crippen LogP contribution in [0.4, 0.5) is 5.69 Å². The van der Waals surface area contributed by atoms with Crippen LogP contribution in [-0.2, 0) is 14.3 Å². The molecule has 2 aromatic carbocycles. The molecule has 0 fully saturated rings. The Bertz CT molecular complexity index is 983. The van der Waals surface area contributed by atoms with Gasteiger partial charge in [-0.1, -0.05) is 55.2 Å². The van der Waals surface area contributed by atoms with Gasteiger partial charge in [-0.05, 0) is 30.2 Å². The van der Waals surface area contributed by atoms with Crippen molar-refractivity contribution in [1.82, 2.24) is 4.90 Å². The number of nitrogens with zero attached hydrogens (tertiary/aromatic N) is 1. The van der Waals surface area contributed by atoms with Gasteiger partial charge < -0.3 is 10.1 Å². The number of halogens is 2. The fourth-order valence-electron chi connectivity index (χ4n) is 3.15. The van der Waals surface area contributed by atoms with Gasteiger partial charge in [0.15, 0.2) is 6.61 Å². The van der Waals surface area contributed by atoms with Gasteiger partial charge in [0, 0.05) is 0 Å². The molecule has 0 saturated carbocycles. The van der Waals surface area contributed by atoms with E-state index in [-0.39, 0.29) is 26.9 Å². The van der Waals surface area contributed by atoms with Crippen LogP contribution >= 0.6 is 23.2 Å². The van der Waals surface area contributed by atoms with Gasteiger partial charge in [-0.3, -0.25) is 19.3 Å². The molecule has 3 amide bonds. The first kappa shape index (κ1) is 21.8. The van der Waals surface area contributed by atoms with E-state index in [1.165, 1.54) is 12.1 Å². The average Bonchev–Trinajstić information content (AvgIpc) is 2.95. The van der Waals surface area contributed by atoms with Gasteiger partial charge in [-0.2, -0.15) is 0 Å².